The third-order valence-corrected chi connectivity index (χ3v) is 4.96. The van der Waals surface area contributed by atoms with E-state index in [9.17, 15) is 14.9 Å². The molecule has 0 aliphatic carbocycles. The average molecular weight is 320 g/mol. The summed E-state index contributed by atoms with van der Waals surface area (Å²) >= 11 is 1.18. The summed E-state index contributed by atoms with van der Waals surface area (Å²) < 4.78 is 0. The first-order valence-corrected chi connectivity index (χ1v) is 7.71. The van der Waals surface area contributed by atoms with Crippen molar-refractivity contribution in [1.82, 2.24) is 10.3 Å². The quantitative estimate of drug-likeness (QED) is 0.826. The predicted octanol–water partition coefficient (Wildman–Crippen LogP) is 2.19. The fourth-order valence-corrected chi connectivity index (χ4v) is 3.12. The minimum absolute atomic E-state index is 0.0559. The van der Waals surface area contributed by atoms with Crippen LogP contribution in [0.3, 0.4) is 0 Å². The van der Waals surface area contributed by atoms with Gasteiger partial charge in [-0.05, 0) is 37.8 Å². The van der Waals surface area contributed by atoms with Crippen LogP contribution in [0.15, 0.2) is 5.03 Å². The molecule has 1 unspecified atom stereocenters. The van der Waals surface area contributed by atoms with Gasteiger partial charge in [0.05, 0.1) is 10.8 Å². The first-order chi connectivity index (χ1) is 10.2. The highest BCUT2D eigenvalue weighted by atomic mass is 32.2. The molecule has 1 heterocycles. The van der Waals surface area contributed by atoms with Crippen LogP contribution in [0.2, 0.25) is 0 Å². The molecule has 3 amide bonds. The lowest BCUT2D eigenvalue weighted by Crippen LogP contribution is -2.42. The highest BCUT2D eigenvalue weighted by Crippen LogP contribution is 2.32. The summed E-state index contributed by atoms with van der Waals surface area (Å²) in [5, 5.41) is 11.4. The third-order valence-electron chi connectivity index (χ3n) is 3.42. The predicted molar refractivity (Wildman–Crippen MR) is 85.4 cm³/mol. The van der Waals surface area contributed by atoms with E-state index in [0.717, 1.165) is 16.8 Å². The van der Waals surface area contributed by atoms with Gasteiger partial charge in [0.15, 0.2) is 0 Å². The Hall–Kier alpha value is -2.07. The molecule has 7 heteroatoms. The normalized spacial score (nSPS) is 11.9. The van der Waals surface area contributed by atoms with Gasteiger partial charge in [0.2, 0.25) is 5.91 Å². The summed E-state index contributed by atoms with van der Waals surface area (Å²) in [7, 11) is 0. The van der Waals surface area contributed by atoms with Crippen molar-refractivity contribution in [3.63, 3.8) is 0 Å². The van der Waals surface area contributed by atoms with Crippen LogP contribution in [-0.4, -0.2) is 22.2 Å². The number of nitriles is 1. The van der Waals surface area contributed by atoms with Crippen LogP contribution >= 0.6 is 11.8 Å². The third kappa shape index (κ3) is 3.98. The van der Waals surface area contributed by atoms with Crippen molar-refractivity contribution in [2.45, 2.75) is 44.9 Å². The standard InChI is InChI=1S/C15H20N4O2S/c1-7(2)12(13(20)19-15(17)21)22-14-11(6-16)9(4)8(3)10(5)18-14/h7,12H,1-5H3,(H3,17,19,20,21). The molecule has 0 aliphatic rings. The molecule has 0 aliphatic heterocycles. The molecule has 22 heavy (non-hydrogen) atoms. The number of primary amides is 1. The van der Waals surface area contributed by atoms with Crippen molar-refractivity contribution in [3.05, 3.63) is 22.4 Å². The molecule has 3 N–H and O–H groups in total. The number of carbonyl (C=O) groups excluding carboxylic acids is 2. The molecule has 1 rings (SSSR count). The van der Waals surface area contributed by atoms with Gasteiger partial charge in [-0.3, -0.25) is 10.1 Å². The number of nitrogens with two attached hydrogens (primary N) is 1. The summed E-state index contributed by atoms with van der Waals surface area (Å²) in [5.74, 6) is -0.534. The number of aromatic nitrogens is 1. The fraction of sp³-hybridized carbons (Fsp3) is 0.467. The molecule has 0 saturated heterocycles. The maximum Gasteiger partial charge on any atom is 0.318 e. The summed E-state index contributed by atoms with van der Waals surface area (Å²) in [6.45, 7) is 9.35. The average Bonchev–Trinajstić information content (AvgIpc) is 2.41. The van der Waals surface area contributed by atoms with Crippen LogP contribution in [-0.2, 0) is 4.79 Å². The smallest absolute Gasteiger partial charge is 0.318 e. The maximum absolute atomic E-state index is 12.1. The highest BCUT2D eigenvalue weighted by Gasteiger charge is 2.27. The number of amides is 3. The first-order valence-electron chi connectivity index (χ1n) is 6.83. The van der Waals surface area contributed by atoms with E-state index in [1.807, 2.05) is 34.6 Å². The number of nitrogens with one attached hydrogen (secondary N) is 1. The largest absolute Gasteiger partial charge is 0.351 e. The van der Waals surface area contributed by atoms with E-state index in [-0.39, 0.29) is 5.92 Å². The molecule has 0 fully saturated rings. The zero-order chi connectivity index (χ0) is 17.0. The van der Waals surface area contributed by atoms with E-state index < -0.39 is 17.2 Å². The minimum atomic E-state index is -0.888. The van der Waals surface area contributed by atoms with E-state index in [1.54, 1.807) is 0 Å². The molecule has 6 nitrogen and oxygen atoms in total. The number of hydrogen-bond donors (Lipinski definition) is 2. The van der Waals surface area contributed by atoms with Gasteiger partial charge in [0.25, 0.3) is 0 Å². The van der Waals surface area contributed by atoms with Gasteiger partial charge in [-0.2, -0.15) is 5.26 Å². The van der Waals surface area contributed by atoms with E-state index in [2.05, 4.69) is 16.4 Å². The lowest BCUT2D eigenvalue weighted by molar-refractivity contribution is -0.120. The van der Waals surface area contributed by atoms with Crippen LogP contribution in [0.25, 0.3) is 0 Å². The summed E-state index contributed by atoms with van der Waals surface area (Å²) in [6, 6.07) is 1.26. The SMILES string of the molecule is Cc1nc(SC(C(=O)NC(N)=O)C(C)C)c(C#N)c(C)c1C. The van der Waals surface area contributed by atoms with Gasteiger partial charge in [0, 0.05) is 5.69 Å². The Morgan fingerprint density at radius 2 is 1.86 bits per heavy atom. The van der Waals surface area contributed by atoms with Crippen molar-refractivity contribution in [2.75, 3.05) is 0 Å². The molecule has 0 saturated carbocycles. The number of nitrogens with zero attached hydrogens (tertiary/aromatic N) is 2. The molecule has 1 aromatic rings. The Balaban J connectivity index is 3.23. The van der Waals surface area contributed by atoms with Crippen LogP contribution in [0.5, 0.6) is 0 Å². The Kier molecular flexibility index (Phi) is 5.94. The van der Waals surface area contributed by atoms with Gasteiger partial charge in [-0.1, -0.05) is 25.6 Å². The summed E-state index contributed by atoms with van der Waals surface area (Å²) in [6.07, 6.45) is 0. The van der Waals surface area contributed by atoms with Crippen LogP contribution < -0.4 is 11.1 Å². The molecular weight excluding hydrogens is 300 g/mol. The van der Waals surface area contributed by atoms with Crippen LogP contribution in [0.1, 0.15) is 36.2 Å². The molecule has 0 aromatic carbocycles. The number of urea groups is 1. The first kappa shape index (κ1) is 18.0. The van der Waals surface area contributed by atoms with E-state index in [0.29, 0.717) is 10.6 Å². The van der Waals surface area contributed by atoms with E-state index >= 15 is 0 Å². The summed E-state index contributed by atoms with van der Waals surface area (Å²) in [4.78, 5) is 27.4. The van der Waals surface area contributed by atoms with Gasteiger partial charge >= 0.3 is 6.03 Å². The highest BCUT2D eigenvalue weighted by molar-refractivity contribution is 8.00. The summed E-state index contributed by atoms with van der Waals surface area (Å²) in [5.41, 5.74) is 8.10. The molecule has 1 aromatic heterocycles. The molecule has 0 spiro atoms. The van der Waals surface area contributed by atoms with Crippen LogP contribution in [0.4, 0.5) is 4.79 Å². The Labute approximate surface area is 134 Å². The number of rotatable bonds is 4. The van der Waals surface area contributed by atoms with Gasteiger partial charge in [0.1, 0.15) is 11.1 Å². The monoisotopic (exact) mass is 320 g/mol. The number of carbonyl (C=O) groups is 2. The van der Waals surface area contributed by atoms with E-state index in [4.69, 9.17) is 5.73 Å². The van der Waals surface area contributed by atoms with Gasteiger partial charge in [-0.15, -0.1) is 0 Å². The van der Waals surface area contributed by atoms with Crippen molar-refractivity contribution >= 4 is 23.7 Å². The number of thioether (sulfide) groups is 1. The Bertz CT molecular complexity index is 650. The molecule has 118 valence electrons. The van der Waals surface area contributed by atoms with Crippen molar-refractivity contribution < 1.29 is 9.59 Å². The van der Waals surface area contributed by atoms with Crippen molar-refractivity contribution in [3.8, 4) is 6.07 Å². The molecule has 1 atom stereocenters. The molecule has 0 bridgehead atoms. The van der Waals surface area contributed by atoms with Crippen molar-refractivity contribution in [2.24, 2.45) is 11.7 Å². The second kappa shape index (κ2) is 7.27. The second-order valence-electron chi connectivity index (χ2n) is 5.38. The number of pyridine rings is 1. The van der Waals surface area contributed by atoms with Gasteiger partial charge in [-0.25, -0.2) is 9.78 Å². The number of imide groups is 1. The minimum Gasteiger partial charge on any atom is -0.351 e. The van der Waals surface area contributed by atoms with Crippen LogP contribution in [0, 0.1) is 38.0 Å². The van der Waals surface area contributed by atoms with Crippen molar-refractivity contribution in [1.29, 1.82) is 5.26 Å². The molecular formula is C15H20N4O2S. The maximum atomic E-state index is 12.1. The topological polar surface area (TPSA) is 109 Å². The zero-order valence-electron chi connectivity index (χ0n) is 13.4. The lowest BCUT2D eigenvalue weighted by atomic mass is 10.1. The number of hydrogen-bond acceptors (Lipinski definition) is 5. The second-order valence-corrected chi connectivity index (χ2v) is 6.51. The Morgan fingerprint density at radius 1 is 1.27 bits per heavy atom. The lowest BCUT2D eigenvalue weighted by Gasteiger charge is -2.20. The van der Waals surface area contributed by atoms with E-state index in [1.165, 1.54) is 11.8 Å². The fourth-order valence-electron chi connectivity index (χ4n) is 1.93. The Morgan fingerprint density at radius 3 is 2.32 bits per heavy atom. The molecule has 0 radical (unpaired) electrons. The van der Waals surface area contributed by atoms with Gasteiger partial charge < -0.3 is 5.73 Å². The zero-order valence-corrected chi connectivity index (χ0v) is 14.2. The number of aryl methyl sites for hydroxylation is 1.